The van der Waals surface area contributed by atoms with Gasteiger partial charge in [0.05, 0.1) is 6.61 Å². The second kappa shape index (κ2) is 7.01. The van der Waals surface area contributed by atoms with Gasteiger partial charge in [-0.1, -0.05) is 17.3 Å². The monoisotopic (exact) mass is 237 g/mol. The Labute approximate surface area is 102 Å². The smallest absolute Gasteiger partial charge is 0.125 e. The van der Waals surface area contributed by atoms with E-state index in [2.05, 4.69) is 17.3 Å². The summed E-state index contributed by atoms with van der Waals surface area (Å²) in [6.45, 7) is 5.25. The van der Waals surface area contributed by atoms with Crippen LogP contribution >= 0.6 is 0 Å². The number of hydrogen-bond acceptors (Lipinski definition) is 4. The van der Waals surface area contributed by atoms with Gasteiger partial charge in [0.15, 0.2) is 0 Å². The highest BCUT2D eigenvalue weighted by Crippen LogP contribution is 2.25. The average Bonchev–Trinajstić information content (AvgIpc) is 2.30. The van der Waals surface area contributed by atoms with Gasteiger partial charge in [0, 0.05) is 7.11 Å². The zero-order valence-corrected chi connectivity index (χ0v) is 10.7. The molecule has 1 aromatic rings. The van der Waals surface area contributed by atoms with E-state index in [-0.39, 0.29) is 6.54 Å². The first-order chi connectivity index (χ1) is 8.19. The molecule has 1 aromatic carbocycles. The van der Waals surface area contributed by atoms with Gasteiger partial charge in [0.2, 0.25) is 0 Å². The highest BCUT2D eigenvalue weighted by molar-refractivity contribution is 5.43. The molecule has 0 unspecified atom stereocenters. The maximum absolute atomic E-state index is 9.99. The maximum atomic E-state index is 9.99. The highest BCUT2D eigenvalue weighted by Gasteiger charge is 2.06. The van der Waals surface area contributed by atoms with E-state index >= 15 is 0 Å². The fraction of sp³-hybridized carbons (Fsp3) is 0.538. The lowest BCUT2D eigenvalue weighted by Crippen LogP contribution is -2.04. The van der Waals surface area contributed by atoms with Crippen molar-refractivity contribution in [1.29, 1.82) is 0 Å². The van der Waals surface area contributed by atoms with E-state index in [4.69, 9.17) is 9.47 Å². The minimum atomic E-state index is 0.185. The molecule has 0 N–H and O–H groups in total. The van der Waals surface area contributed by atoms with Crippen molar-refractivity contribution in [2.45, 2.75) is 20.3 Å². The fourth-order valence-electron chi connectivity index (χ4n) is 1.82. The Morgan fingerprint density at radius 1 is 1.18 bits per heavy atom. The minimum absolute atomic E-state index is 0.185. The van der Waals surface area contributed by atoms with Crippen molar-refractivity contribution in [3.8, 4) is 5.75 Å². The summed E-state index contributed by atoms with van der Waals surface area (Å²) in [4.78, 5) is 9.99. The molecule has 0 spiro atoms. The molecule has 0 atom stereocenters. The van der Waals surface area contributed by atoms with Crippen LogP contribution in [-0.4, -0.2) is 26.9 Å². The molecule has 0 heterocycles. The van der Waals surface area contributed by atoms with Crippen LogP contribution in [0.4, 0.5) is 0 Å². The van der Waals surface area contributed by atoms with E-state index in [9.17, 15) is 4.91 Å². The summed E-state index contributed by atoms with van der Waals surface area (Å²) in [5.74, 6) is 0.856. The van der Waals surface area contributed by atoms with Crippen LogP contribution in [0.1, 0.15) is 16.7 Å². The van der Waals surface area contributed by atoms with Crippen molar-refractivity contribution in [2.24, 2.45) is 5.18 Å². The van der Waals surface area contributed by atoms with Crippen LogP contribution in [0.15, 0.2) is 17.3 Å². The van der Waals surface area contributed by atoms with E-state index in [1.54, 1.807) is 7.11 Å². The maximum Gasteiger partial charge on any atom is 0.125 e. The number of ether oxygens (including phenoxy) is 2. The Morgan fingerprint density at radius 3 is 2.35 bits per heavy atom. The van der Waals surface area contributed by atoms with Gasteiger partial charge in [0.1, 0.15) is 18.9 Å². The average molecular weight is 237 g/mol. The van der Waals surface area contributed by atoms with E-state index in [0.717, 1.165) is 23.3 Å². The van der Waals surface area contributed by atoms with Crippen molar-refractivity contribution in [3.63, 3.8) is 0 Å². The number of benzene rings is 1. The first kappa shape index (κ1) is 13.6. The van der Waals surface area contributed by atoms with Crippen molar-refractivity contribution in [3.05, 3.63) is 33.7 Å². The molecule has 4 heteroatoms. The van der Waals surface area contributed by atoms with Gasteiger partial charge in [-0.2, -0.15) is 4.91 Å². The SMILES string of the molecule is COCCc1cc(C)c(OCCN=O)c(C)c1. The number of nitrogens with zero attached hydrogens (tertiary/aromatic N) is 1. The molecule has 0 aliphatic rings. The van der Waals surface area contributed by atoms with Crippen LogP contribution in [-0.2, 0) is 11.2 Å². The Kier molecular flexibility index (Phi) is 5.63. The summed E-state index contributed by atoms with van der Waals surface area (Å²) in [6, 6.07) is 4.19. The Hall–Kier alpha value is -1.42. The number of rotatable bonds is 7. The predicted molar refractivity (Wildman–Crippen MR) is 67.7 cm³/mol. The largest absolute Gasteiger partial charge is 0.491 e. The molecular formula is C13H19NO3. The van der Waals surface area contributed by atoms with E-state index in [1.165, 1.54) is 5.56 Å². The Bertz CT molecular complexity index is 354. The third-order valence-corrected chi connectivity index (χ3v) is 2.54. The third kappa shape index (κ3) is 4.15. The molecule has 0 radical (unpaired) electrons. The third-order valence-electron chi connectivity index (χ3n) is 2.54. The van der Waals surface area contributed by atoms with Crippen molar-refractivity contribution in [2.75, 3.05) is 26.9 Å². The summed E-state index contributed by atoms with van der Waals surface area (Å²) in [7, 11) is 1.70. The fourth-order valence-corrected chi connectivity index (χ4v) is 1.82. The number of methoxy groups -OCH3 is 1. The number of nitroso groups, excluding NO2 is 1. The zero-order valence-electron chi connectivity index (χ0n) is 10.7. The molecular weight excluding hydrogens is 218 g/mol. The molecule has 17 heavy (non-hydrogen) atoms. The first-order valence-corrected chi connectivity index (χ1v) is 5.70. The molecule has 0 aliphatic carbocycles. The lowest BCUT2D eigenvalue weighted by Gasteiger charge is -2.13. The van der Waals surface area contributed by atoms with E-state index in [0.29, 0.717) is 13.2 Å². The summed E-state index contributed by atoms with van der Waals surface area (Å²) in [5.41, 5.74) is 3.41. The number of hydrogen-bond donors (Lipinski definition) is 0. The topological polar surface area (TPSA) is 47.9 Å². The van der Waals surface area contributed by atoms with Crippen LogP contribution in [0.3, 0.4) is 0 Å². The molecule has 1 rings (SSSR count). The van der Waals surface area contributed by atoms with Gasteiger partial charge in [-0.3, -0.25) is 0 Å². The molecule has 0 amide bonds. The molecule has 0 aliphatic heterocycles. The predicted octanol–water partition coefficient (Wildman–Crippen LogP) is 2.64. The van der Waals surface area contributed by atoms with Gasteiger partial charge in [-0.05, 0) is 37.0 Å². The normalized spacial score (nSPS) is 10.3. The van der Waals surface area contributed by atoms with Gasteiger partial charge >= 0.3 is 0 Å². The van der Waals surface area contributed by atoms with Crippen LogP contribution in [0.2, 0.25) is 0 Å². The second-order valence-electron chi connectivity index (χ2n) is 4.00. The van der Waals surface area contributed by atoms with Gasteiger partial charge in [-0.25, -0.2) is 0 Å². The van der Waals surface area contributed by atoms with Gasteiger partial charge < -0.3 is 9.47 Å². The Balaban J connectivity index is 2.75. The van der Waals surface area contributed by atoms with Crippen molar-refractivity contribution < 1.29 is 9.47 Å². The number of aryl methyl sites for hydroxylation is 2. The molecule has 4 nitrogen and oxygen atoms in total. The molecule has 0 saturated carbocycles. The summed E-state index contributed by atoms with van der Waals surface area (Å²) in [6.07, 6.45) is 0.897. The van der Waals surface area contributed by atoms with Crippen molar-refractivity contribution in [1.82, 2.24) is 0 Å². The first-order valence-electron chi connectivity index (χ1n) is 5.70. The highest BCUT2D eigenvalue weighted by atomic mass is 16.5. The summed E-state index contributed by atoms with van der Waals surface area (Å²) in [5, 5.41) is 2.78. The quantitative estimate of drug-likeness (QED) is 0.541. The van der Waals surface area contributed by atoms with E-state index in [1.807, 2.05) is 13.8 Å². The Morgan fingerprint density at radius 2 is 1.82 bits per heavy atom. The summed E-state index contributed by atoms with van der Waals surface area (Å²) < 4.78 is 10.6. The van der Waals surface area contributed by atoms with E-state index < -0.39 is 0 Å². The lowest BCUT2D eigenvalue weighted by atomic mass is 10.0. The molecule has 0 saturated heterocycles. The standard InChI is InChI=1S/C13H19NO3/c1-10-8-12(4-6-16-3)9-11(2)13(10)17-7-5-14-15/h8-9H,4-7H2,1-3H3. The van der Waals surface area contributed by atoms with Gasteiger partial charge in [0.25, 0.3) is 0 Å². The molecule has 0 bridgehead atoms. The van der Waals surface area contributed by atoms with Gasteiger partial charge in [-0.15, -0.1) is 0 Å². The minimum Gasteiger partial charge on any atom is -0.491 e. The van der Waals surface area contributed by atoms with Crippen LogP contribution in [0.25, 0.3) is 0 Å². The second-order valence-corrected chi connectivity index (χ2v) is 4.00. The van der Waals surface area contributed by atoms with Crippen LogP contribution in [0, 0.1) is 18.8 Å². The lowest BCUT2D eigenvalue weighted by molar-refractivity contribution is 0.202. The van der Waals surface area contributed by atoms with Crippen molar-refractivity contribution >= 4 is 0 Å². The zero-order chi connectivity index (χ0) is 12.7. The van der Waals surface area contributed by atoms with Crippen LogP contribution < -0.4 is 4.74 Å². The van der Waals surface area contributed by atoms with Crippen LogP contribution in [0.5, 0.6) is 5.75 Å². The molecule has 94 valence electrons. The summed E-state index contributed by atoms with van der Waals surface area (Å²) >= 11 is 0. The molecule has 0 fully saturated rings. The molecule has 0 aromatic heterocycles.